The molecule has 0 heterocycles. The molecule has 0 saturated carbocycles. The van der Waals surface area contributed by atoms with Gasteiger partial charge in [-0.15, -0.1) is 0 Å². The van der Waals surface area contributed by atoms with Crippen molar-refractivity contribution in [3.05, 3.63) is 29.8 Å². The molecule has 0 spiro atoms. The van der Waals surface area contributed by atoms with Gasteiger partial charge in [-0.2, -0.15) is 0 Å². The molecule has 1 rings (SSSR count). The molecule has 74 valence electrons. The third-order valence-corrected chi connectivity index (χ3v) is 1.79. The van der Waals surface area contributed by atoms with E-state index in [2.05, 4.69) is 0 Å². The van der Waals surface area contributed by atoms with Gasteiger partial charge in [0, 0.05) is 12.7 Å². The molecule has 0 aromatic heterocycles. The van der Waals surface area contributed by atoms with E-state index in [0.717, 1.165) is 4.90 Å². The van der Waals surface area contributed by atoms with Crippen molar-refractivity contribution in [3.63, 3.8) is 0 Å². The van der Waals surface area contributed by atoms with Crippen LogP contribution in [0.4, 0.5) is 10.5 Å². The third-order valence-electron chi connectivity index (χ3n) is 1.79. The van der Waals surface area contributed by atoms with E-state index in [1.165, 1.54) is 31.3 Å². The summed E-state index contributed by atoms with van der Waals surface area (Å²) in [4.78, 5) is 22.0. The van der Waals surface area contributed by atoms with Crippen molar-refractivity contribution in [3.8, 4) is 0 Å². The number of carbonyl (C=O) groups is 2. The molecule has 0 fully saturated rings. The topological polar surface area (TPSA) is 77.8 Å². The van der Waals surface area contributed by atoms with Crippen LogP contribution in [0.1, 0.15) is 10.4 Å². The van der Waals surface area contributed by atoms with Crippen LogP contribution in [0.3, 0.4) is 0 Å². The summed E-state index contributed by atoms with van der Waals surface area (Å²) < 4.78 is 0. The van der Waals surface area contributed by atoms with E-state index in [-0.39, 0.29) is 5.56 Å². The molecule has 0 radical (unpaired) electrons. The highest BCUT2D eigenvalue weighted by Crippen LogP contribution is 2.13. The Morgan fingerprint density at radius 3 is 2.00 bits per heavy atom. The largest absolute Gasteiger partial charge is 0.478 e. The second kappa shape index (κ2) is 3.78. The molecule has 1 amide bonds. The second-order valence-corrected chi connectivity index (χ2v) is 2.69. The van der Waals surface area contributed by atoms with Gasteiger partial charge in [0.05, 0.1) is 5.56 Å². The van der Waals surface area contributed by atoms with E-state index >= 15 is 0 Å². The summed E-state index contributed by atoms with van der Waals surface area (Å²) in [6.45, 7) is 0. The number of carboxylic acids is 1. The summed E-state index contributed by atoms with van der Waals surface area (Å²) in [5.41, 5.74) is 0.565. The molecule has 0 aliphatic heterocycles. The van der Waals surface area contributed by atoms with Crippen LogP contribution >= 0.6 is 0 Å². The summed E-state index contributed by atoms with van der Waals surface area (Å²) in [6.07, 6.45) is -1.09. The van der Waals surface area contributed by atoms with Crippen LogP contribution < -0.4 is 4.90 Å². The van der Waals surface area contributed by atoms with Gasteiger partial charge in [0.1, 0.15) is 0 Å². The maximum Gasteiger partial charge on any atom is 0.411 e. The number of carboxylic acid groups (broad SMARTS) is 2. The minimum atomic E-state index is -1.09. The molecule has 0 unspecified atom stereocenters. The van der Waals surface area contributed by atoms with E-state index < -0.39 is 12.1 Å². The minimum absolute atomic E-state index is 0.132. The highest BCUT2D eigenvalue weighted by atomic mass is 16.4. The molecule has 14 heavy (non-hydrogen) atoms. The van der Waals surface area contributed by atoms with Gasteiger partial charge in [0.25, 0.3) is 0 Å². The maximum atomic E-state index is 10.5. The number of nitrogens with zero attached hydrogens (tertiary/aromatic N) is 1. The van der Waals surface area contributed by atoms with Crippen LogP contribution in [0.5, 0.6) is 0 Å². The third kappa shape index (κ3) is 2.01. The molecule has 0 aliphatic rings. The summed E-state index contributed by atoms with van der Waals surface area (Å²) in [7, 11) is 1.39. The molecule has 5 nitrogen and oxygen atoms in total. The van der Waals surface area contributed by atoms with Crippen molar-refractivity contribution >= 4 is 17.7 Å². The van der Waals surface area contributed by atoms with Gasteiger partial charge in [-0.05, 0) is 24.3 Å². The Kier molecular flexibility index (Phi) is 2.71. The molecule has 1 aromatic carbocycles. The fourth-order valence-corrected chi connectivity index (χ4v) is 0.938. The maximum absolute atomic E-state index is 10.5. The summed E-state index contributed by atoms with van der Waals surface area (Å²) in [6, 6.07) is 5.60. The Hall–Kier alpha value is -2.04. The average Bonchev–Trinajstić information content (AvgIpc) is 2.16. The van der Waals surface area contributed by atoms with E-state index in [0.29, 0.717) is 5.69 Å². The Balaban J connectivity index is 2.94. The predicted molar refractivity (Wildman–Crippen MR) is 49.8 cm³/mol. The zero-order valence-corrected chi connectivity index (χ0v) is 7.47. The average molecular weight is 195 g/mol. The Bertz CT molecular complexity index is 358. The molecule has 0 aliphatic carbocycles. The van der Waals surface area contributed by atoms with Crippen LogP contribution in [0.2, 0.25) is 0 Å². The molecule has 0 atom stereocenters. The van der Waals surface area contributed by atoms with Crippen LogP contribution in [0.15, 0.2) is 24.3 Å². The van der Waals surface area contributed by atoms with Crippen molar-refractivity contribution < 1.29 is 19.8 Å². The predicted octanol–water partition coefficient (Wildman–Crippen LogP) is 1.50. The summed E-state index contributed by atoms with van der Waals surface area (Å²) >= 11 is 0. The molecule has 2 N–H and O–H groups in total. The molecule has 0 bridgehead atoms. The van der Waals surface area contributed by atoms with Crippen molar-refractivity contribution in [2.75, 3.05) is 11.9 Å². The Labute approximate surface area is 80.2 Å². The van der Waals surface area contributed by atoms with Crippen LogP contribution in [0, 0.1) is 0 Å². The van der Waals surface area contributed by atoms with E-state index in [4.69, 9.17) is 10.2 Å². The van der Waals surface area contributed by atoms with Gasteiger partial charge in [0.2, 0.25) is 0 Å². The minimum Gasteiger partial charge on any atom is -0.478 e. The number of amides is 1. The normalized spacial score (nSPS) is 9.50. The standard InChI is InChI=1S/C9H9NO4/c1-10(9(13)14)7-4-2-6(3-5-7)8(11)12/h2-5H,1H3,(H,11,12)(H,13,14). The first kappa shape index (κ1) is 10.0. The highest BCUT2D eigenvalue weighted by molar-refractivity contribution is 5.90. The van der Waals surface area contributed by atoms with Gasteiger partial charge in [0.15, 0.2) is 0 Å². The number of rotatable bonds is 2. The van der Waals surface area contributed by atoms with E-state index in [9.17, 15) is 9.59 Å². The number of hydrogen-bond acceptors (Lipinski definition) is 2. The monoisotopic (exact) mass is 195 g/mol. The van der Waals surface area contributed by atoms with E-state index in [1.807, 2.05) is 0 Å². The lowest BCUT2D eigenvalue weighted by Gasteiger charge is -2.12. The van der Waals surface area contributed by atoms with Gasteiger partial charge in [-0.25, -0.2) is 9.59 Å². The van der Waals surface area contributed by atoms with Crippen molar-refractivity contribution in [1.29, 1.82) is 0 Å². The van der Waals surface area contributed by atoms with Crippen molar-refractivity contribution in [2.45, 2.75) is 0 Å². The number of benzene rings is 1. The van der Waals surface area contributed by atoms with Gasteiger partial charge in [-0.1, -0.05) is 0 Å². The van der Waals surface area contributed by atoms with Gasteiger partial charge < -0.3 is 10.2 Å². The lowest BCUT2D eigenvalue weighted by molar-refractivity contribution is 0.0697. The fraction of sp³-hybridized carbons (Fsp3) is 0.111. The summed E-state index contributed by atoms with van der Waals surface area (Å²) in [5, 5.41) is 17.2. The number of aromatic carboxylic acids is 1. The number of anilines is 1. The van der Waals surface area contributed by atoms with Crippen molar-refractivity contribution in [2.24, 2.45) is 0 Å². The van der Waals surface area contributed by atoms with Crippen LogP contribution in [0.25, 0.3) is 0 Å². The SMILES string of the molecule is CN(C(=O)O)c1ccc(C(=O)O)cc1. The highest BCUT2D eigenvalue weighted by Gasteiger charge is 2.08. The zero-order valence-electron chi connectivity index (χ0n) is 7.47. The molecule has 1 aromatic rings. The molecular formula is C9H9NO4. The van der Waals surface area contributed by atoms with Crippen LogP contribution in [-0.4, -0.2) is 29.3 Å². The zero-order chi connectivity index (χ0) is 10.7. The first-order valence-electron chi connectivity index (χ1n) is 3.82. The molecule has 0 saturated heterocycles. The van der Waals surface area contributed by atoms with Gasteiger partial charge >= 0.3 is 12.1 Å². The summed E-state index contributed by atoms with van der Waals surface area (Å²) in [5.74, 6) is -1.03. The quantitative estimate of drug-likeness (QED) is 0.749. The second-order valence-electron chi connectivity index (χ2n) is 2.69. The first-order chi connectivity index (χ1) is 6.52. The van der Waals surface area contributed by atoms with E-state index in [1.54, 1.807) is 0 Å². The van der Waals surface area contributed by atoms with Crippen LogP contribution in [-0.2, 0) is 0 Å². The Morgan fingerprint density at radius 2 is 1.64 bits per heavy atom. The number of hydrogen-bond donors (Lipinski definition) is 2. The Morgan fingerprint density at radius 1 is 1.14 bits per heavy atom. The lowest BCUT2D eigenvalue weighted by atomic mass is 10.2. The van der Waals surface area contributed by atoms with Crippen molar-refractivity contribution in [1.82, 2.24) is 0 Å². The van der Waals surface area contributed by atoms with Gasteiger partial charge in [-0.3, -0.25) is 4.90 Å². The molecule has 5 heteroatoms. The first-order valence-corrected chi connectivity index (χ1v) is 3.82. The smallest absolute Gasteiger partial charge is 0.411 e. The molecular weight excluding hydrogens is 186 g/mol. The lowest BCUT2D eigenvalue weighted by Crippen LogP contribution is -2.23. The fourth-order valence-electron chi connectivity index (χ4n) is 0.938.